The van der Waals surface area contributed by atoms with Crippen LogP contribution in [0.15, 0.2) is 60.9 Å². The second-order valence-corrected chi connectivity index (χ2v) is 5.95. The van der Waals surface area contributed by atoms with Gasteiger partial charge in [-0.15, -0.1) is 0 Å². The molecule has 0 amide bonds. The van der Waals surface area contributed by atoms with E-state index in [2.05, 4.69) is 9.97 Å². The van der Waals surface area contributed by atoms with Crippen LogP contribution < -0.4 is 11.2 Å². The van der Waals surface area contributed by atoms with Crippen LogP contribution in [0.4, 0.5) is 5.82 Å². The Hall–Kier alpha value is -3.23. The Kier molecular flexibility index (Phi) is 4.12. The Morgan fingerprint density at radius 3 is 2.58 bits per heavy atom. The molecule has 0 atom stereocenters. The van der Waals surface area contributed by atoms with E-state index in [4.69, 9.17) is 10.8 Å². The van der Waals surface area contributed by atoms with Crippen LogP contribution in [0.1, 0.15) is 5.56 Å². The van der Waals surface area contributed by atoms with Gasteiger partial charge in [0.1, 0.15) is 17.8 Å². The summed E-state index contributed by atoms with van der Waals surface area (Å²) in [4.78, 5) is 8.45. The van der Waals surface area contributed by atoms with Gasteiger partial charge >= 0.3 is 7.12 Å². The topological polar surface area (TPSA) is 110 Å². The molecule has 0 saturated carbocycles. The highest BCUT2D eigenvalue weighted by molar-refractivity contribution is 6.58. The molecule has 0 fully saturated rings. The Bertz CT molecular complexity index is 1070. The van der Waals surface area contributed by atoms with Crippen LogP contribution in [0.2, 0.25) is 0 Å². The number of hydrogen-bond donors (Lipinski definition) is 3. The van der Waals surface area contributed by atoms with Crippen LogP contribution in [0.3, 0.4) is 0 Å². The van der Waals surface area contributed by atoms with Gasteiger partial charge in [-0.1, -0.05) is 54.6 Å². The first kappa shape index (κ1) is 16.3. The second kappa shape index (κ2) is 6.59. The Balaban J connectivity index is 1.84. The molecule has 2 heterocycles. The van der Waals surface area contributed by atoms with Gasteiger partial charge in [0.15, 0.2) is 5.65 Å². The van der Waals surface area contributed by atoms with E-state index in [9.17, 15) is 10.0 Å². The van der Waals surface area contributed by atoms with E-state index in [1.807, 2.05) is 36.4 Å². The van der Waals surface area contributed by atoms with E-state index >= 15 is 0 Å². The number of nitrogen functional groups attached to an aromatic ring is 1. The van der Waals surface area contributed by atoms with Crippen LogP contribution in [0.5, 0.6) is 0 Å². The predicted molar refractivity (Wildman–Crippen MR) is 101 cm³/mol. The van der Waals surface area contributed by atoms with Crippen LogP contribution in [-0.2, 0) is 6.54 Å². The highest BCUT2D eigenvalue weighted by Gasteiger charge is 2.17. The number of benzene rings is 2. The number of nitrogens with zero attached hydrogens (tertiary/aromatic N) is 4. The van der Waals surface area contributed by atoms with Crippen molar-refractivity contribution in [3.05, 3.63) is 66.5 Å². The third-order valence-corrected chi connectivity index (χ3v) is 4.19. The summed E-state index contributed by atoms with van der Waals surface area (Å²) in [5.41, 5.74) is 9.67. The van der Waals surface area contributed by atoms with Gasteiger partial charge in [-0.3, -0.25) is 0 Å². The molecule has 0 aliphatic heterocycles. The molecule has 128 valence electrons. The van der Waals surface area contributed by atoms with Crippen molar-refractivity contribution in [2.75, 3.05) is 5.73 Å². The minimum atomic E-state index is -1.51. The summed E-state index contributed by atoms with van der Waals surface area (Å²) in [5, 5.41) is 24.1. The van der Waals surface area contributed by atoms with Crippen LogP contribution >= 0.6 is 0 Å². The van der Waals surface area contributed by atoms with Crippen LogP contribution in [-0.4, -0.2) is 36.9 Å². The summed E-state index contributed by atoms with van der Waals surface area (Å²) < 4.78 is 1.75. The van der Waals surface area contributed by atoms with Gasteiger partial charge in [0.25, 0.3) is 0 Å². The minimum absolute atomic E-state index is 0.375. The van der Waals surface area contributed by atoms with Crippen LogP contribution in [0.25, 0.3) is 22.3 Å². The molecule has 0 saturated heterocycles. The number of hydrogen-bond acceptors (Lipinski definition) is 6. The van der Waals surface area contributed by atoms with Gasteiger partial charge in [0.2, 0.25) is 0 Å². The highest BCUT2D eigenvalue weighted by atomic mass is 16.4. The largest absolute Gasteiger partial charge is 0.488 e. The molecule has 7 nitrogen and oxygen atoms in total. The molecular weight excluding hydrogens is 329 g/mol. The van der Waals surface area contributed by atoms with E-state index in [0.29, 0.717) is 28.9 Å². The lowest BCUT2D eigenvalue weighted by Gasteiger charge is -2.06. The van der Waals surface area contributed by atoms with Gasteiger partial charge in [0, 0.05) is 5.56 Å². The summed E-state index contributed by atoms with van der Waals surface area (Å²) in [6, 6.07) is 16.8. The summed E-state index contributed by atoms with van der Waals surface area (Å²) in [5.74, 6) is 0.375. The molecule has 0 bridgehead atoms. The number of nitrogens with two attached hydrogens (primary N) is 1. The maximum atomic E-state index is 9.37. The number of rotatable bonds is 4. The van der Waals surface area contributed by atoms with E-state index < -0.39 is 7.12 Å². The van der Waals surface area contributed by atoms with E-state index in [1.54, 1.807) is 22.9 Å². The first-order valence-electron chi connectivity index (χ1n) is 8.11. The molecule has 2 aromatic carbocycles. The van der Waals surface area contributed by atoms with Crippen molar-refractivity contribution in [3.63, 3.8) is 0 Å². The minimum Gasteiger partial charge on any atom is -0.423 e. The number of fused-ring (bicyclic) bond motifs is 1. The molecular formula is C18H16BN5O2. The molecule has 0 unspecified atom stereocenters. The van der Waals surface area contributed by atoms with Crippen molar-refractivity contribution in [1.29, 1.82) is 0 Å². The third kappa shape index (κ3) is 2.92. The second-order valence-electron chi connectivity index (χ2n) is 5.95. The zero-order chi connectivity index (χ0) is 18.1. The first-order valence-corrected chi connectivity index (χ1v) is 8.11. The van der Waals surface area contributed by atoms with Crippen molar-refractivity contribution in [3.8, 4) is 11.3 Å². The average molecular weight is 345 g/mol. The molecule has 0 radical (unpaired) electrons. The molecule has 8 heteroatoms. The molecule has 0 aliphatic carbocycles. The summed E-state index contributed by atoms with van der Waals surface area (Å²) in [7, 11) is -1.51. The molecule has 0 spiro atoms. The average Bonchev–Trinajstić information content (AvgIpc) is 3.03. The highest BCUT2D eigenvalue weighted by Crippen LogP contribution is 2.30. The number of aromatic nitrogens is 4. The van der Waals surface area contributed by atoms with Crippen molar-refractivity contribution in [2.24, 2.45) is 0 Å². The molecule has 4 aromatic rings. The summed E-state index contributed by atoms with van der Waals surface area (Å²) in [6.07, 6.45) is 1.42. The fraction of sp³-hybridized carbons (Fsp3) is 0.0556. The Morgan fingerprint density at radius 2 is 1.81 bits per heavy atom. The monoisotopic (exact) mass is 345 g/mol. The summed E-state index contributed by atoms with van der Waals surface area (Å²) >= 11 is 0. The Morgan fingerprint density at radius 1 is 1.00 bits per heavy atom. The first-order chi connectivity index (χ1) is 12.6. The van der Waals surface area contributed by atoms with Crippen molar-refractivity contribution in [2.45, 2.75) is 6.54 Å². The fourth-order valence-electron chi connectivity index (χ4n) is 2.96. The zero-order valence-electron chi connectivity index (χ0n) is 13.8. The SMILES string of the molecule is Nc1ncnc2c1c(-c1ccccc1)nn2Cc1cccc(B(O)O)c1. The molecule has 4 rings (SSSR count). The van der Waals surface area contributed by atoms with Gasteiger partial charge in [0.05, 0.1) is 11.9 Å². The molecule has 4 N–H and O–H groups in total. The Labute approximate surface area is 149 Å². The van der Waals surface area contributed by atoms with Crippen molar-refractivity contribution >= 4 is 29.4 Å². The summed E-state index contributed by atoms with van der Waals surface area (Å²) in [6.45, 7) is 0.417. The van der Waals surface area contributed by atoms with Gasteiger partial charge in [-0.25, -0.2) is 14.6 Å². The van der Waals surface area contributed by atoms with Crippen LogP contribution in [0, 0.1) is 0 Å². The lowest BCUT2D eigenvalue weighted by molar-refractivity contribution is 0.425. The normalized spacial score (nSPS) is 11.0. The maximum absolute atomic E-state index is 9.37. The standard InChI is InChI=1S/C18H16BN5O2/c20-17-15-16(13-6-2-1-3-7-13)23-24(18(15)22-11-21-17)10-12-5-4-8-14(9-12)19(25)26/h1-9,11,25-26H,10H2,(H2,20,21,22). The lowest BCUT2D eigenvalue weighted by atomic mass is 9.80. The maximum Gasteiger partial charge on any atom is 0.488 e. The quantitative estimate of drug-likeness (QED) is 0.472. The van der Waals surface area contributed by atoms with Crippen molar-refractivity contribution in [1.82, 2.24) is 19.7 Å². The molecule has 2 aromatic heterocycles. The zero-order valence-corrected chi connectivity index (χ0v) is 13.8. The lowest BCUT2D eigenvalue weighted by Crippen LogP contribution is -2.30. The van der Waals surface area contributed by atoms with E-state index in [-0.39, 0.29) is 0 Å². The van der Waals surface area contributed by atoms with Gasteiger partial charge < -0.3 is 15.8 Å². The smallest absolute Gasteiger partial charge is 0.423 e. The predicted octanol–water partition coefficient (Wildman–Crippen LogP) is 0.804. The van der Waals surface area contributed by atoms with Gasteiger partial charge in [-0.05, 0) is 11.0 Å². The van der Waals surface area contributed by atoms with E-state index in [0.717, 1.165) is 16.8 Å². The van der Waals surface area contributed by atoms with Crippen molar-refractivity contribution < 1.29 is 10.0 Å². The van der Waals surface area contributed by atoms with Gasteiger partial charge in [-0.2, -0.15) is 5.10 Å². The molecule has 26 heavy (non-hydrogen) atoms. The molecule has 0 aliphatic rings. The van der Waals surface area contributed by atoms with E-state index in [1.165, 1.54) is 6.33 Å². The fourth-order valence-corrected chi connectivity index (χ4v) is 2.96. The number of anilines is 1. The third-order valence-electron chi connectivity index (χ3n) is 4.19.